The minimum Gasteiger partial charge on any atom is -0.462 e. The number of rotatable bonds is 48. The van der Waals surface area contributed by atoms with E-state index in [0.717, 1.165) is 57.8 Å². The molecule has 0 aromatic rings. The first-order chi connectivity index (χ1) is 29.0. The molecule has 0 spiro atoms. The third kappa shape index (κ3) is 47.1. The standard InChI is InChI=1S/C53H100O6/c1-4-7-10-13-16-19-22-25-26-29-31-34-37-40-43-46-52(55)58-49-50(59-53(56)47-44-41-38-35-32-28-24-21-18-15-12-9-6-3)48-57-51(54)45-42-39-36-33-30-27-23-20-17-14-11-8-5-2/h19,22,50H,4-18,20-21,23-49H2,1-3H3/b22-19-/t50-/m1/s1. The van der Waals surface area contributed by atoms with Crippen molar-refractivity contribution in [2.24, 2.45) is 0 Å². The third-order valence-electron chi connectivity index (χ3n) is 11.8. The van der Waals surface area contributed by atoms with E-state index in [9.17, 15) is 14.4 Å². The monoisotopic (exact) mass is 833 g/mol. The van der Waals surface area contributed by atoms with Crippen LogP contribution >= 0.6 is 0 Å². The lowest BCUT2D eigenvalue weighted by atomic mass is 10.0. The molecule has 0 aliphatic rings. The molecule has 59 heavy (non-hydrogen) atoms. The van der Waals surface area contributed by atoms with E-state index in [1.54, 1.807) is 0 Å². The highest BCUT2D eigenvalue weighted by Gasteiger charge is 2.19. The molecular formula is C53H100O6. The number of carbonyl (C=O) groups is 3. The Morgan fingerprint density at radius 3 is 0.864 bits per heavy atom. The second-order valence-corrected chi connectivity index (χ2v) is 17.8. The molecule has 0 heterocycles. The van der Waals surface area contributed by atoms with Crippen LogP contribution in [0.4, 0.5) is 0 Å². The van der Waals surface area contributed by atoms with Crippen LogP contribution in [0.2, 0.25) is 0 Å². The lowest BCUT2D eigenvalue weighted by Gasteiger charge is -2.18. The minimum atomic E-state index is -0.764. The Labute approximate surface area is 367 Å². The molecule has 6 nitrogen and oxygen atoms in total. The van der Waals surface area contributed by atoms with Gasteiger partial charge in [-0.15, -0.1) is 0 Å². The Bertz CT molecular complexity index is 916. The lowest BCUT2D eigenvalue weighted by molar-refractivity contribution is -0.167. The molecule has 0 aromatic heterocycles. The van der Waals surface area contributed by atoms with Gasteiger partial charge in [0.05, 0.1) is 0 Å². The van der Waals surface area contributed by atoms with E-state index in [1.807, 2.05) is 0 Å². The summed E-state index contributed by atoms with van der Waals surface area (Å²) < 4.78 is 16.8. The van der Waals surface area contributed by atoms with Crippen LogP contribution in [0.3, 0.4) is 0 Å². The molecule has 0 radical (unpaired) electrons. The zero-order valence-corrected chi connectivity index (χ0v) is 39.8. The number of hydrogen-bond acceptors (Lipinski definition) is 6. The fourth-order valence-corrected chi connectivity index (χ4v) is 7.79. The van der Waals surface area contributed by atoms with Crippen molar-refractivity contribution in [3.8, 4) is 0 Å². The van der Waals surface area contributed by atoms with Crippen molar-refractivity contribution in [1.82, 2.24) is 0 Å². The van der Waals surface area contributed by atoms with Gasteiger partial charge in [0.2, 0.25) is 0 Å². The van der Waals surface area contributed by atoms with Gasteiger partial charge >= 0.3 is 17.9 Å². The summed E-state index contributed by atoms with van der Waals surface area (Å²) in [6, 6.07) is 0. The Hall–Kier alpha value is -1.85. The van der Waals surface area contributed by atoms with E-state index >= 15 is 0 Å². The summed E-state index contributed by atoms with van der Waals surface area (Å²) in [6.07, 6.45) is 53.3. The topological polar surface area (TPSA) is 78.9 Å². The molecule has 0 aliphatic carbocycles. The SMILES string of the molecule is CCCCCC/C=C\CCCCCCCCCC(=O)OC[C@@H](COC(=O)CCCCCCCCCCCCCCC)OC(=O)CCCCCCCCCCCCCCC. The second kappa shape index (κ2) is 48.8. The van der Waals surface area contributed by atoms with E-state index in [0.29, 0.717) is 19.3 Å². The summed E-state index contributed by atoms with van der Waals surface area (Å²) in [5.41, 5.74) is 0. The summed E-state index contributed by atoms with van der Waals surface area (Å²) in [4.78, 5) is 37.9. The first-order valence-corrected chi connectivity index (χ1v) is 26.2. The predicted octanol–water partition coefficient (Wildman–Crippen LogP) is 17.0. The molecule has 0 fully saturated rings. The van der Waals surface area contributed by atoms with Crippen LogP contribution in [0.15, 0.2) is 12.2 Å². The highest BCUT2D eigenvalue weighted by Crippen LogP contribution is 2.16. The number of ether oxygens (including phenoxy) is 3. The summed E-state index contributed by atoms with van der Waals surface area (Å²) in [5, 5.41) is 0. The Morgan fingerprint density at radius 2 is 0.559 bits per heavy atom. The fourth-order valence-electron chi connectivity index (χ4n) is 7.79. The van der Waals surface area contributed by atoms with Crippen molar-refractivity contribution in [3.05, 3.63) is 12.2 Å². The average molecular weight is 833 g/mol. The number of hydrogen-bond donors (Lipinski definition) is 0. The zero-order valence-electron chi connectivity index (χ0n) is 39.8. The number of allylic oxidation sites excluding steroid dienone is 2. The van der Waals surface area contributed by atoms with Crippen molar-refractivity contribution >= 4 is 17.9 Å². The van der Waals surface area contributed by atoms with Crippen LogP contribution in [0.5, 0.6) is 0 Å². The Kier molecular flexibility index (Phi) is 47.3. The summed E-state index contributed by atoms with van der Waals surface area (Å²) >= 11 is 0. The van der Waals surface area contributed by atoms with E-state index < -0.39 is 6.10 Å². The van der Waals surface area contributed by atoms with Gasteiger partial charge in [0.25, 0.3) is 0 Å². The normalized spacial score (nSPS) is 12.0. The molecule has 0 saturated heterocycles. The van der Waals surface area contributed by atoms with Crippen molar-refractivity contribution in [2.45, 2.75) is 297 Å². The fraction of sp³-hybridized carbons (Fsp3) is 0.906. The maximum atomic E-state index is 12.8. The van der Waals surface area contributed by atoms with Crippen LogP contribution in [0.25, 0.3) is 0 Å². The minimum absolute atomic E-state index is 0.0658. The van der Waals surface area contributed by atoms with Crippen LogP contribution < -0.4 is 0 Å². The quantitative estimate of drug-likeness (QED) is 0.0263. The first-order valence-electron chi connectivity index (χ1n) is 26.2. The largest absolute Gasteiger partial charge is 0.462 e. The lowest BCUT2D eigenvalue weighted by Crippen LogP contribution is -2.30. The molecule has 0 N–H and O–H groups in total. The van der Waals surface area contributed by atoms with Crippen molar-refractivity contribution < 1.29 is 28.6 Å². The smallest absolute Gasteiger partial charge is 0.306 e. The van der Waals surface area contributed by atoms with E-state index in [-0.39, 0.29) is 31.1 Å². The Morgan fingerprint density at radius 1 is 0.322 bits per heavy atom. The summed E-state index contributed by atoms with van der Waals surface area (Å²) in [5.74, 6) is -0.853. The zero-order chi connectivity index (χ0) is 43.0. The molecule has 0 saturated carbocycles. The van der Waals surface area contributed by atoms with Gasteiger partial charge in [-0.25, -0.2) is 0 Å². The average Bonchev–Trinajstić information content (AvgIpc) is 3.23. The van der Waals surface area contributed by atoms with Gasteiger partial charge in [-0.05, 0) is 44.9 Å². The van der Waals surface area contributed by atoms with E-state index in [1.165, 1.54) is 193 Å². The highest BCUT2D eigenvalue weighted by atomic mass is 16.6. The van der Waals surface area contributed by atoms with Gasteiger partial charge < -0.3 is 14.2 Å². The van der Waals surface area contributed by atoms with E-state index in [4.69, 9.17) is 14.2 Å². The number of unbranched alkanes of at least 4 members (excludes halogenated alkanes) is 35. The van der Waals surface area contributed by atoms with Gasteiger partial charge in [-0.3, -0.25) is 14.4 Å². The molecule has 0 bridgehead atoms. The van der Waals surface area contributed by atoms with Crippen LogP contribution in [-0.2, 0) is 28.6 Å². The maximum Gasteiger partial charge on any atom is 0.306 e. The molecule has 348 valence electrons. The molecule has 0 amide bonds. The number of esters is 3. The van der Waals surface area contributed by atoms with Crippen LogP contribution in [0, 0.1) is 0 Å². The molecule has 6 heteroatoms. The molecule has 0 aliphatic heterocycles. The second-order valence-electron chi connectivity index (χ2n) is 17.8. The van der Waals surface area contributed by atoms with Crippen molar-refractivity contribution in [3.63, 3.8) is 0 Å². The molecule has 0 unspecified atom stereocenters. The molecule has 0 aromatic carbocycles. The maximum absolute atomic E-state index is 12.8. The van der Waals surface area contributed by atoms with Crippen molar-refractivity contribution in [1.29, 1.82) is 0 Å². The summed E-state index contributed by atoms with van der Waals surface area (Å²) in [6.45, 7) is 6.65. The van der Waals surface area contributed by atoms with Gasteiger partial charge in [0.1, 0.15) is 13.2 Å². The molecule has 0 rings (SSSR count). The third-order valence-corrected chi connectivity index (χ3v) is 11.8. The highest BCUT2D eigenvalue weighted by molar-refractivity contribution is 5.71. The van der Waals surface area contributed by atoms with Crippen LogP contribution in [-0.4, -0.2) is 37.2 Å². The van der Waals surface area contributed by atoms with Crippen molar-refractivity contribution in [2.75, 3.05) is 13.2 Å². The summed E-state index contributed by atoms with van der Waals surface area (Å²) in [7, 11) is 0. The van der Waals surface area contributed by atoms with E-state index in [2.05, 4.69) is 32.9 Å². The number of carbonyl (C=O) groups excluding carboxylic acids is 3. The predicted molar refractivity (Wildman–Crippen MR) is 252 cm³/mol. The van der Waals surface area contributed by atoms with Gasteiger partial charge in [-0.2, -0.15) is 0 Å². The Balaban J connectivity index is 4.32. The van der Waals surface area contributed by atoms with Gasteiger partial charge in [-0.1, -0.05) is 238 Å². The van der Waals surface area contributed by atoms with Gasteiger partial charge in [0.15, 0.2) is 6.10 Å². The van der Waals surface area contributed by atoms with Gasteiger partial charge in [0, 0.05) is 19.3 Å². The van der Waals surface area contributed by atoms with Crippen LogP contribution in [0.1, 0.15) is 290 Å². The molecule has 1 atom stereocenters. The molecular weight excluding hydrogens is 733 g/mol. The first kappa shape index (κ1) is 57.1.